The molecule has 0 radical (unpaired) electrons. The van der Waals surface area contributed by atoms with E-state index in [1.807, 2.05) is 26.0 Å². The molecule has 0 saturated heterocycles. The molecule has 110 valence electrons. The van der Waals surface area contributed by atoms with E-state index in [1.54, 1.807) is 17.0 Å². The number of aromatic nitrogens is 2. The highest BCUT2D eigenvalue weighted by Gasteiger charge is 2.26. The van der Waals surface area contributed by atoms with Gasteiger partial charge < -0.3 is 15.0 Å². The van der Waals surface area contributed by atoms with Gasteiger partial charge in [0.25, 0.3) is 5.88 Å². The van der Waals surface area contributed by atoms with Gasteiger partial charge in [-0.2, -0.15) is 0 Å². The summed E-state index contributed by atoms with van der Waals surface area (Å²) in [7, 11) is 0. The number of hydrogen-bond donors (Lipinski definition) is 1. The van der Waals surface area contributed by atoms with Crippen molar-refractivity contribution in [3.63, 3.8) is 0 Å². The Labute approximate surface area is 123 Å². The van der Waals surface area contributed by atoms with Crippen LogP contribution in [0.3, 0.4) is 0 Å². The lowest BCUT2D eigenvalue weighted by Gasteiger charge is -2.13. The summed E-state index contributed by atoms with van der Waals surface area (Å²) in [5.41, 5.74) is 8.47. The molecular formula is C16H19N3O2. The van der Waals surface area contributed by atoms with Crippen LogP contribution in [0.4, 0.5) is 0 Å². The molecule has 1 aliphatic rings. The van der Waals surface area contributed by atoms with E-state index >= 15 is 0 Å². The third-order valence-electron chi connectivity index (χ3n) is 3.73. The Balaban J connectivity index is 1.97. The third-order valence-corrected chi connectivity index (χ3v) is 3.73. The van der Waals surface area contributed by atoms with Crippen LogP contribution in [0.15, 0.2) is 29.3 Å². The second-order valence-electron chi connectivity index (χ2n) is 5.54. The molecule has 1 fully saturated rings. The molecule has 5 heteroatoms. The molecule has 21 heavy (non-hydrogen) atoms. The van der Waals surface area contributed by atoms with Crippen molar-refractivity contribution in [2.45, 2.75) is 39.3 Å². The summed E-state index contributed by atoms with van der Waals surface area (Å²) >= 11 is 0. The smallest absolute Gasteiger partial charge is 0.313 e. The zero-order chi connectivity index (χ0) is 15.0. The first kappa shape index (κ1) is 13.8. The van der Waals surface area contributed by atoms with Crippen molar-refractivity contribution in [3.05, 3.63) is 51.6 Å². The monoisotopic (exact) mass is 285 g/mol. The quantitative estimate of drug-likeness (QED) is 0.936. The van der Waals surface area contributed by atoms with Crippen LogP contribution >= 0.6 is 0 Å². The largest absolute Gasteiger partial charge is 0.434 e. The number of aryl methyl sites for hydroxylation is 2. The van der Waals surface area contributed by atoms with Crippen LogP contribution in [-0.2, 0) is 6.54 Å². The first-order chi connectivity index (χ1) is 10.1. The standard InChI is InChI=1S/C16H19N3O2/c1-10-7-12(9-17)8-11(2)14(10)21-15-16(20)19(6-5-18-15)13-3-4-13/h5-8,13H,3-4,9,17H2,1-2H3. The molecule has 0 spiro atoms. The fraction of sp³-hybridized carbons (Fsp3) is 0.375. The molecule has 1 aliphatic carbocycles. The van der Waals surface area contributed by atoms with E-state index < -0.39 is 0 Å². The minimum atomic E-state index is -0.165. The molecule has 5 nitrogen and oxygen atoms in total. The van der Waals surface area contributed by atoms with Crippen molar-refractivity contribution in [2.75, 3.05) is 0 Å². The zero-order valence-electron chi connectivity index (χ0n) is 12.3. The maximum absolute atomic E-state index is 12.4. The molecule has 1 heterocycles. The maximum atomic E-state index is 12.4. The van der Waals surface area contributed by atoms with Crippen LogP contribution in [0.5, 0.6) is 11.6 Å². The van der Waals surface area contributed by atoms with Crippen molar-refractivity contribution in [2.24, 2.45) is 5.73 Å². The van der Waals surface area contributed by atoms with Gasteiger partial charge in [0.15, 0.2) is 0 Å². The molecule has 1 aromatic heterocycles. The van der Waals surface area contributed by atoms with Gasteiger partial charge >= 0.3 is 5.56 Å². The van der Waals surface area contributed by atoms with E-state index in [1.165, 1.54) is 0 Å². The van der Waals surface area contributed by atoms with Gasteiger partial charge in [0, 0.05) is 25.0 Å². The van der Waals surface area contributed by atoms with Gasteiger partial charge in [0.05, 0.1) is 0 Å². The first-order valence-electron chi connectivity index (χ1n) is 7.15. The normalized spacial score (nSPS) is 14.2. The van der Waals surface area contributed by atoms with Gasteiger partial charge in [-0.05, 0) is 43.4 Å². The second-order valence-corrected chi connectivity index (χ2v) is 5.54. The Morgan fingerprint density at radius 3 is 2.57 bits per heavy atom. The molecule has 0 aliphatic heterocycles. The lowest BCUT2D eigenvalue weighted by Crippen LogP contribution is -2.20. The molecule has 1 saturated carbocycles. The van der Waals surface area contributed by atoms with E-state index in [-0.39, 0.29) is 11.4 Å². The topological polar surface area (TPSA) is 70.1 Å². The van der Waals surface area contributed by atoms with Crippen molar-refractivity contribution in [3.8, 4) is 11.6 Å². The van der Waals surface area contributed by atoms with Crippen LogP contribution in [0.2, 0.25) is 0 Å². The van der Waals surface area contributed by atoms with Crippen LogP contribution in [0.25, 0.3) is 0 Å². The molecule has 0 unspecified atom stereocenters. The van der Waals surface area contributed by atoms with Gasteiger partial charge in [-0.15, -0.1) is 0 Å². The maximum Gasteiger partial charge on any atom is 0.313 e. The fourth-order valence-electron chi connectivity index (χ4n) is 2.53. The fourth-order valence-corrected chi connectivity index (χ4v) is 2.53. The molecule has 0 amide bonds. The number of rotatable bonds is 4. The minimum absolute atomic E-state index is 0.135. The van der Waals surface area contributed by atoms with E-state index in [2.05, 4.69) is 4.98 Å². The van der Waals surface area contributed by atoms with Gasteiger partial charge in [0.2, 0.25) is 0 Å². The average molecular weight is 285 g/mol. The molecule has 3 rings (SSSR count). The Morgan fingerprint density at radius 2 is 2.00 bits per heavy atom. The predicted molar refractivity (Wildman–Crippen MR) is 80.6 cm³/mol. The molecule has 0 bridgehead atoms. The summed E-state index contributed by atoms with van der Waals surface area (Å²) < 4.78 is 7.51. The van der Waals surface area contributed by atoms with E-state index in [0.717, 1.165) is 29.5 Å². The van der Waals surface area contributed by atoms with Crippen LogP contribution < -0.4 is 16.0 Å². The van der Waals surface area contributed by atoms with Gasteiger partial charge in [-0.3, -0.25) is 4.79 Å². The van der Waals surface area contributed by atoms with Crippen molar-refractivity contribution in [1.29, 1.82) is 0 Å². The predicted octanol–water partition coefficient (Wildman–Crippen LogP) is 2.45. The third kappa shape index (κ3) is 2.69. The highest BCUT2D eigenvalue weighted by atomic mass is 16.5. The summed E-state index contributed by atoms with van der Waals surface area (Å²) in [6.07, 6.45) is 5.44. The number of ether oxygens (including phenoxy) is 1. The van der Waals surface area contributed by atoms with Crippen molar-refractivity contribution in [1.82, 2.24) is 9.55 Å². The highest BCUT2D eigenvalue weighted by molar-refractivity contribution is 5.44. The summed E-state index contributed by atoms with van der Waals surface area (Å²) in [6.45, 7) is 4.38. The minimum Gasteiger partial charge on any atom is -0.434 e. The Kier molecular flexibility index (Phi) is 3.51. The van der Waals surface area contributed by atoms with Gasteiger partial charge in [-0.25, -0.2) is 4.98 Å². The van der Waals surface area contributed by atoms with Crippen LogP contribution in [0, 0.1) is 13.8 Å². The second kappa shape index (κ2) is 5.33. The number of nitrogens with two attached hydrogens (primary N) is 1. The van der Waals surface area contributed by atoms with E-state index in [9.17, 15) is 4.79 Å². The van der Waals surface area contributed by atoms with Crippen molar-refractivity contribution < 1.29 is 4.74 Å². The van der Waals surface area contributed by atoms with Gasteiger partial charge in [-0.1, -0.05) is 12.1 Å². The van der Waals surface area contributed by atoms with E-state index in [4.69, 9.17) is 10.5 Å². The zero-order valence-corrected chi connectivity index (χ0v) is 12.3. The van der Waals surface area contributed by atoms with E-state index in [0.29, 0.717) is 18.3 Å². The first-order valence-corrected chi connectivity index (χ1v) is 7.15. The SMILES string of the molecule is Cc1cc(CN)cc(C)c1Oc1nccn(C2CC2)c1=O. The molecule has 0 atom stereocenters. The lowest BCUT2D eigenvalue weighted by molar-refractivity contribution is 0.438. The molecule has 2 N–H and O–H groups in total. The van der Waals surface area contributed by atoms with Crippen molar-refractivity contribution >= 4 is 0 Å². The Bertz CT molecular complexity index is 710. The Hall–Kier alpha value is -2.14. The van der Waals surface area contributed by atoms with Crippen LogP contribution in [-0.4, -0.2) is 9.55 Å². The molecular weight excluding hydrogens is 266 g/mol. The summed E-state index contributed by atoms with van der Waals surface area (Å²) in [5.74, 6) is 0.821. The summed E-state index contributed by atoms with van der Waals surface area (Å²) in [4.78, 5) is 16.4. The summed E-state index contributed by atoms with van der Waals surface area (Å²) in [5, 5.41) is 0. The molecule has 1 aromatic carbocycles. The Morgan fingerprint density at radius 1 is 1.33 bits per heavy atom. The highest BCUT2D eigenvalue weighted by Crippen LogP contribution is 2.34. The number of benzene rings is 1. The van der Waals surface area contributed by atoms with Gasteiger partial charge in [0.1, 0.15) is 5.75 Å². The molecule has 2 aromatic rings. The average Bonchev–Trinajstić information content (AvgIpc) is 3.28. The lowest BCUT2D eigenvalue weighted by atomic mass is 10.1. The summed E-state index contributed by atoms with van der Waals surface area (Å²) in [6, 6.07) is 4.26. The number of hydrogen-bond acceptors (Lipinski definition) is 4. The number of nitrogens with zero attached hydrogens (tertiary/aromatic N) is 2. The van der Waals surface area contributed by atoms with Crippen LogP contribution in [0.1, 0.15) is 35.6 Å².